The van der Waals surface area contributed by atoms with Gasteiger partial charge in [-0.2, -0.15) is 17.0 Å². The monoisotopic (exact) mass is 252 g/mol. The summed E-state index contributed by atoms with van der Waals surface area (Å²) in [5.74, 6) is 0. The molecule has 0 aromatic heterocycles. The molecular formula is C10H24N2O3S. The molecule has 0 saturated heterocycles. The van der Waals surface area contributed by atoms with Crippen molar-refractivity contribution >= 4 is 10.2 Å². The molecule has 0 aromatic rings. The van der Waals surface area contributed by atoms with Crippen LogP contribution >= 0.6 is 0 Å². The van der Waals surface area contributed by atoms with E-state index in [9.17, 15) is 8.42 Å². The first kappa shape index (κ1) is 15.8. The molecule has 0 aliphatic heterocycles. The van der Waals surface area contributed by atoms with E-state index < -0.39 is 10.2 Å². The van der Waals surface area contributed by atoms with Gasteiger partial charge in [-0.15, -0.1) is 0 Å². The molecule has 0 radical (unpaired) electrons. The lowest BCUT2D eigenvalue weighted by atomic mass is 10.2. The topological polar surface area (TPSA) is 60.9 Å². The number of hydrogen-bond acceptors (Lipinski definition) is 3. The van der Waals surface area contributed by atoms with Crippen LogP contribution in [-0.2, 0) is 10.2 Å². The van der Waals surface area contributed by atoms with Gasteiger partial charge >= 0.3 is 0 Å². The molecule has 0 saturated carbocycles. The number of aliphatic hydroxyl groups is 1. The van der Waals surface area contributed by atoms with Crippen LogP contribution in [-0.4, -0.2) is 55.4 Å². The minimum absolute atomic E-state index is 0.0371. The third-order valence-electron chi connectivity index (χ3n) is 2.62. The Balaban J connectivity index is 4.20. The van der Waals surface area contributed by atoms with Crippen LogP contribution in [0.4, 0.5) is 0 Å². The van der Waals surface area contributed by atoms with Crippen molar-refractivity contribution in [2.45, 2.75) is 39.2 Å². The number of unbranched alkanes of at least 4 members (excludes halogenated alkanes) is 2. The van der Waals surface area contributed by atoms with E-state index in [1.165, 1.54) is 8.61 Å². The Labute approximate surface area is 99.2 Å². The molecule has 6 heteroatoms. The van der Waals surface area contributed by atoms with Crippen molar-refractivity contribution < 1.29 is 13.5 Å². The van der Waals surface area contributed by atoms with E-state index >= 15 is 0 Å². The molecule has 0 bridgehead atoms. The van der Waals surface area contributed by atoms with Crippen LogP contribution in [0.2, 0.25) is 0 Å². The third kappa shape index (κ3) is 4.78. The van der Waals surface area contributed by atoms with Crippen molar-refractivity contribution in [2.75, 3.05) is 27.2 Å². The first-order valence-electron chi connectivity index (χ1n) is 5.64. The van der Waals surface area contributed by atoms with Gasteiger partial charge in [0.25, 0.3) is 10.2 Å². The molecule has 1 N–H and O–H groups in total. The van der Waals surface area contributed by atoms with Crippen LogP contribution in [0.15, 0.2) is 0 Å². The van der Waals surface area contributed by atoms with Crippen LogP contribution in [0.25, 0.3) is 0 Å². The number of aliphatic hydroxyl groups excluding tert-OH is 1. The second-order valence-electron chi connectivity index (χ2n) is 4.22. The predicted octanol–water partition coefficient (Wildman–Crippen LogP) is 0.666. The van der Waals surface area contributed by atoms with Crippen LogP contribution < -0.4 is 0 Å². The quantitative estimate of drug-likeness (QED) is 0.646. The minimum Gasteiger partial charge on any atom is -0.396 e. The van der Waals surface area contributed by atoms with Gasteiger partial charge in [-0.05, 0) is 33.1 Å². The molecule has 0 fully saturated rings. The molecule has 0 heterocycles. The van der Waals surface area contributed by atoms with Crippen molar-refractivity contribution in [1.82, 2.24) is 8.61 Å². The van der Waals surface area contributed by atoms with Gasteiger partial charge in [-0.25, -0.2) is 0 Å². The average molecular weight is 252 g/mol. The first-order chi connectivity index (χ1) is 7.34. The van der Waals surface area contributed by atoms with Crippen LogP contribution in [0.1, 0.15) is 33.1 Å². The van der Waals surface area contributed by atoms with E-state index in [4.69, 9.17) is 5.11 Å². The SMILES string of the molecule is CC(C)N(C)S(=O)(=O)N(C)CCCCCO. The lowest BCUT2D eigenvalue weighted by Gasteiger charge is -2.26. The van der Waals surface area contributed by atoms with Gasteiger partial charge in [0.05, 0.1) is 0 Å². The second-order valence-corrected chi connectivity index (χ2v) is 6.32. The zero-order chi connectivity index (χ0) is 12.8. The first-order valence-corrected chi connectivity index (χ1v) is 7.04. The van der Waals surface area contributed by atoms with E-state index in [0.29, 0.717) is 6.54 Å². The maximum atomic E-state index is 11.9. The molecule has 0 aromatic carbocycles. The van der Waals surface area contributed by atoms with Crippen LogP contribution in [0.5, 0.6) is 0 Å². The maximum absolute atomic E-state index is 11.9. The Hall–Kier alpha value is -0.170. The van der Waals surface area contributed by atoms with E-state index in [-0.39, 0.29) is 12.6 Å². The number of rotatable bonds is 8. The van der Waals surface area contributed by atoms with Gasteiger partial charge in [-0.1, -0.05) is 0 Å². The third-order valence-corrected chi connectivity index (χ3v) is 4.74. The molecule has 0 amide bonds. The summed E-state index contributed by atoms with van der Waals surface area (Å²) in [6.07, 6.45) is 2.36. The predicted molar refractivity (Wildman–Crippen MR) is 65.4 cm³/mol. The molecule has 98 valence electrons. The second kappa shape index (κ2) is 7.21. The van der Waals surface area contributed by atoms with Crippen molar-refractivity contribution in [3.63, 3.8) is 0 Å². The summed E-state index contributed by atoms with van der Waals surface area (Å²) in [5.41, 5.74) is 0. The smallest absolute Gasteiger partial charge is 0.281 e. The van der Waals surface area contributed by atoms with E-state index in [0.717, 1.165) is 19.3 Å². The Morgan fingerprint density at radius 1 is 1.12 bits per heavy atom. The zero-order valence-electron chi connectivity index (χ0n) is 10.7. The largest absolute Gasteiger partial charge is 0.396 e. The Kier molecular flexibility index (Phi) is 7.14. The average Bonchev–Trinajstić information content (AvgIpc) is 2.22. The van der Waals surface area contributed by atoms with Crippen molar-refractivity contribution in [2.24, 2.45) is 0 Å². The van der Waals surface area contributed by atoms with Gasteiger partial charge in [0.2, 0.25) is 0 Å². The standard InChI is InChI=1S/C10H24N2O3S/c1-10(2)12(4)16(14,15)11(3)8-6-5-7-9-13/h10,13H,5-9H2,1-4H3. The van der Waals surface area contributed by atoms with Crippen molar-refractivity contribution in [3.05, 3.63) is 0 Å². The summed E-state index contributed by atoms with van der Waals surface area (Å²) in [7, 11) is -0.143. The highest BCUT2D eigenvalue weighted by atomic mass is 32.2. The van der Waals surface area contributed by atoms with Crippen LogP contribution in [0.3, 0.4) is 0 Å². The molecular weight excluding hydrogens is 228 g/mol. The highest BCUT2D eigenvalue weighted by Gasteiger charge is 2.24. The molecule has 0 unspecified atom stereocenters. The number of nitrogens with zero attached hydrogens (tertiary/aromatic N) is 2. The Morgan fingerprint density at radius 2 is 1.69 bits per heavy atom. The zero-order valence-corrected chi connectivity index (χ0v) is 11.5. The Morgan fingerprint density at radius 3 is 2.12 bits per heavy atom. The maximum Gasteiger partial charge on any atom is 0.281 e. The van der Waals surface area contributed by atoms with Crippen molar-refractivity contribution in [3.8, 4) is 0 Å². The molecule has 0 atom stereocenters. The molecule has 0 rings (SSSR count). The molecule has 0 aliphatic carbocycles. The van der Waals surface area contributed by atoms with Crippen LogP contribution in [0, 0.1) is 0 Å². The summed E-state index contributed by atoms with van der Waals surface area (Å²) in [6.45, 7) is 4.36. The summed E-state index contributed by atoms with van der Waals surface area (Å²) in [6, 6.07) is -0.0371. The van der Waals surface area contributed by atoms with E-state index in [1.807, 2.05) is 13.8 Å². The molecule has 16 heavy (non-hydrogen) atoms. The van der Waals surface area contributed by atoms with E-state index in [1.54, 1.807) is 14.1 Å². The normalized spacial score (nSPS) is 13.0. The lowest BCUT2D eigenvalue weighted by Crippen LogP contribution is -2.43. The van der Waals surface area contributed by atoms with Gasteiger partial charge in [0.1, 0.15) is 0 Å². The molecule has 5 nitrogen and oxygen atoms in total. The van der Waals surface area contributed by atoms with Gasteiger partial charge in [-0.3, -0.25) is 0 Å². The molecule has 0 spiro atoms. The van der Waals surface area contributed by atoms with Crippen molar-refractivity contribution in [1.29, 1.82) is 0 Å². The highest BCUT2D eigenvalue weighted by Crippen LogP contribution is 2.09. The highest BCUT2D eigenvalue weighted by molar-refractivity contribution is 7.86. The van der Waals surface area contributed by atoms with Gasteiger partial charge in [0.15, 0.2) is 0 Å². The summed E-state index contributed by atoms with van der Waals surface area (Å²) in [5, 5.41) is 8.61. The minimum atomic E-state index is -3.32. The molecule has 0 aliphatic rings. The van der Waals surface area contributed by atoms with Gasteiger partial charge in [0, 0.05) is 33.3 Å². The van der Waals surface area contributed by atoms with Gasteiger partial charge < -0.3 is 5.11 Å². The summed E-state index contributed by atoms with van der Waals surface area (Å²) < 4.78 is 26.6. The summed E-state index contributed by atoms with van der Waals surface area (Å²) >= 11 is 0. The lowest BCUT2D eigenvalue weighted by molar-refractivity contribution is 0.280. The fourth-order valence-electron chi connectivity index (χ4n) is 1.22. The fourth-order valence-corrected chi connectivity index (χ4v) is 2.56. The van der Waals surface area contributed by atoms with E-state index in [2.05, 4.69) is 0 Å². The Bertz CT molecular complexity index is 278. The fraction of sp³-hybridized carbons (Fsp3) is 1.00. The number of hydrogen-bond donors (Lipinski definition) is 1. The summed E-state index contributed by atoms with van der Waals surface area (Å²) in [4.78, 5) is 0.